The highest BCUT2D eigenvalue weighted by Gasteiger charge is 2.26. The van der Waals surface area contributed by atoms with Crippen molar-refractivity contribution in [2.24, 2.45) is 0 Å². The average molecular weight is 459 g/mol. The van der Waals surface area contributed by atoms with Crippen molar-refractivity contribution >= 4 is 23.4 Å². The van der Waals surface area contributed by atoms with Crippen LogP contribution >= 0.6 is 23.4 Å². The van der Waals surface area contributed by atoms with E-state index in [1.54, 1.807) is 12.1 Å². The molecule has 0 bridgehead atoms. The van der Waals surface area contributed by atoms with Gasteiger partial charge in [-0.2, -0.15) is 0 Å². The van der Waals surface area contributed by atoms with Gasteiger partial charge < -0.3 is 9.47 Å². The lowest BCUT2D eigenvalue weighted by Crippen LogP contribution is -2.12. The van der Waals surface area contributed by atoms with Crippen LogP contribution < -0.4 is 9.47 Å². The second kappa shape index (κ2) is 10.2. The van der Waals surface area contributed by atoms with Crippen LogP contribution in [0, 0.1) is 29.4 Å². The van der Waals surface area contributed by atoms with Crippen molar-refractivity contribution in [2.45, 2.75) is 17.3 Å². The first-order valence-corrected chi connectivity index (χ1v) is 10.4. The second-order valence-electron chi connectivity index (χ2n) is 6.35. The lowest BCUT2D eigenvalue weighted by atomic mass is 10.1. The maximum Gasteiger partial charge on any atom is 0.220 e. The minimum absolute atomic E-state index is 0.0158. The molecule has 0 saturated heterocycles. The molecule has 0 aliphatic rings. The Labute approximate surface area is 188 Å². The van der Waals surface area contributed by atoms with Gasteiger partial charge in [-0.05, 0) is 36.8 Å². The molecule has 3 aromatic rings. The van der Waals surface area contributed by atoms with Gasteiger partial charge in [-0.1, -0.05) is 47.5 Å². The number of terminal acetylenes is 1. The molecule has 0 aliphatic heterocycles. The number of aromatic nitrogens is 3. The Morgan fingerprint density at radius 3 is 2.71 bits per heavy atom. The van der Waals surface area contributed by atoms with Crippen LogP contribution in [0.4, 0.5) is 0 Å². The number of benzene rings is 2. The van der Waals surface area contributed by atoms with Gasteiger partial charge in [0.2, 0.25) is 6.54 Å². The van der Waals surface area contributed by atoms with Crippen LogP contribution in [-0.4, -0.2) is 39.9 Å². The Balaban J connectivity index is 2.01. The molecule has 8 nitrogen and oxygen atoms in total. The normalized spacial score (nSPS) is 11.5. The quantitative estimate of drug-likeness (QED) is 0.203. The number of aryl methyl sites for hydroxylation is 1. The van der Waals surface area contributed by atoms with E-state index in [1.807, 2.05) is 41.8 Å². The summed E-state index contributed by atoms with van der Waals surface area (Å²) < 4.78 is 12.7. The number of para-hydroxylation sites is 1. The van der Waals surface area contributed by atoms with E-state index in [9.17, 15) is 10.1 Å². The zero-order valence-electron chi connectivity index (χ0n) is 16.8. The monoisotopic (exact) mass is 458 g/mol. The van der Waals surface area contributed by atoms with E-state index in [2.05, 4.69) is 16.1 Å². The molecule has 1 aromatic heterocycles. The SMILES string of the molecule is C#CCOc1c(Cl)cc([C@@H](C[N+](=O)[O-])Sc2nnc(C)n2-c2ccccc2)cc1OC. The van der Waals surface area contributed by atoms with E-state index < -0.39 is 5.25 Å². The van der Waals surface area contributed by atoms with E-state index in [0.29, 0.717) is 28.0 Å². The molecule has 160 valence electrons. The molecule has 31 heavy (non-hydrogen) atoms. The maximum absolute atomic E-state index is 11.4. The number of halogens is 1. The molecule has 1 heterocycles. The summed E-state index contributed by atoms with van der Waals surface area (Å²) in [5.41, 5.74) is 1.46. The Kier molecular flexibility index (Phi) is 7.39. The molecular formula is C21H19ClN4O4S. The topological polar surface area (TPSA) is 92.3 Å². The summed E-state index contributed by atoms with van der Waals surface area (Å²) in [5.74, 6) is 3.67. The fourth-order valence-electron chi connectivity index (χ4n) is 2.95. The maximum atomic E-state index is 11.4. The smallest absolute Gasteiger partial charge is 0.220 e. The number of rotatable bonds is 9. The largest absolute Gasteiger partial charge is 0.493 e. The van der Waals surface area contributed by atoms with E-state index in [1.165, 1.54) is 18.9 Å². The van der Waals surface area contributed by atoms with Crippen molar-refractivity contribution in [3.8, 4) is 29.5 Å². The number of methoxy groups -OCH3 is 1. The molecule has 10 heteroatoms. The van der Waals surface area contributed by atoms with Crippen molar-refractivity contribution in [3.63, 3.8) is 0 Å². The van der Waals surface area contributed by atoms with Gasteiger partial charge in [-0.25, -0.2) is 0 Å². The molecule has 0 spiro atoms. The number of hydrogen-bond donors (Lipinski definition) is 0. The third-order valence-corrected chi connectivity index (χ3v) is 5.76. The predicted molar refractivity (Wildman–Crippen MR) is 119 cm³/mol. The molecule has 0 saturated carbocycles. The average Bonchev–Trinajstić information content (AvgIpc) is 3.12. The summed E-state index contributed by atoms with van der Waals surface area (Å²) in [7, 11) is 1.46. The first-order valence-electron chi connectivity index (χ1n) is 9.14. The van der Waals surface area contributed by atoms with Gasteiger partial charge in [0.1, 0.15) is 17.7 Å². The highest BCUT2D eigenvalue weighted by atomic mass is 35.5. The van der Waals surface area contributed by atoms with E-state index >= 15 is 0 Å². The third kappa shape index (κ3) is 5.29. The van der Waals surface area contributed by atoms with Crippen LogP contribution in [0.3, 0.4) is 0 Å². The minimum Gasteiger partial charge on any atom is -0.493 e. The molecule has 0 N–H and O–H groups in total. The van der Waals surface area contributed by atoms with E-state index in [-0.39, 0.29) is 23.1 Å². The summed E-state index contributed by atoms with van der Waals surface area (Å²) in [6, 6.07) is 12.8. The summed E-state index contributed by atoms with van der Waals surface area (Å²) in [4.78, 5) is 11.0. The van der Waals surface area contributed by atoms with Gasteiger partial charge in [-0.3, -0.25) is 14.7 Å². The highest BCUT2D eigenvalue weighted by Crippen LogP contribution is 2.43. The van der Waals surface area contributed by atoms with Gasteiger partial charge in [0.05, 0.1) is 12.1 Å². The fraction of sp³-hybridized carbons (Fsp3) is 0.238. The Hall–Kier alpha value is -3.22. The second-order valence-corrected chi connectivity index (χ2v) is 7.93. The van der Waals surface area contributed by atoms with Crippen LogP contribution in [0.5, 0.6) is 11.5 Å². The third-order valence-electron chi connectivity index (χ3n) is 4.30. The minimum atomic E-state index is -0.603. The zero-order chi connectivity index (χ0) is 22.4. The molecule has 0 unspecified atom stereocenters. The zero-order valence-corrected chi connectivity index (χ0v) is 18.4. The number of hydrogen-bond acceptors (Lipinski definition) is 7. The number of nitro groups is 1. The van der Waals surface area contributed by atoms with Gasteiger partial charge in [0.15, 0.2) is 16.7 Å². The lowest BCUT2D eigenvalue weighted by Gasteiger charge is -2.17. The van der Waals surface area contributed by atoms with E-state index in [4.69, 9.17) is 27.5 Å². The molecular weight excluding hydrogens is 440 g/mol. The first-order chi connectivity index (χ1) is 14.9. The molecule has 1 atom stereocenters. The number of ether oxygens (including phenoxy) is 2. The van der Waals surface area contributed by atoms with Crippen molar-refractivity contribution in [2.75, 3.05) is 20.3 Å². The number of nitrogens with zero attached hydrogens (tertiary/aromatic N) is 4. The number of thioether (sulfide) groups is 1. The Morgan fingerprint density at radius 2 is 2.06 bits per heavy atom. The molecule has 3 rings (SSSR count). The first kappa shape index (κ1) is 22.5. The standard InChI is InChI=1S/C21H19ClN4O4S/c1-4-10-30-20-17(22)11-15(12-18(20)29-3)19(13-25(27)28)31-21-24-23-14(2)26(21)16-8-6-5-7-9-16/h1,5-9,11-12,19H,10,13H2,2-3H3/t19-/m1/s1. The summed E-state index contributed by atoms with van der Waals surface area (Å²) >= 11 is 7.60. The van der Waals surface area contributed by atoms with Crippen molar-refractivity contribution in [3.05, 3.63) is 69.0 Å². The van der Waals surface area contributed by atoms with Crippen molar-refractivity contribution in [1.82, 2.24) is 14.8 Å². The predicted octanol–water partition coefficient (Wildman–Crippen LogP) is 4.36. The molecule has 0 radical (unpaired) electrons. The van der Waals surface area contributed by atoms with Crippen LogP contribution in [0.2, 0.25) is 5.02 Å². The fourth-order valence-corrected chi connectivity index (χ4v) is 4.37. The molecule has 0 fully saturated rings. The van der Waals surface area contributed by atoms with Crippen LogP contribution in [0.25, 0.3) is 5.69 Å². The molecule has 0 aliphatic carbocycles. The lowest BCUT2D eigenvalue weighted by molar-refractivity contribution is -0.479. The summed E-state index contributed by atoms with van der Waals surface area (Å²) in [6.45, 7) is 1.49. The van der Waals surface area contributed by atoms with Gasteiger partial charge in [0, 0.05) is 10.6 Å². The van der Waals surface area contributed by atoms with Crippen LogP contribution in [0.15, 0.2) is 47.6 Å². The highest BCUT2D eigenvalue weighted by molar-refractivity contribution is 7.99. The van der Waals surface area contributed by atoms with Crippen molar-refractivity contribution < 1.29 is 14.4 Å². The Bertz CT molecular complexity index is 1110. The van der Waals surface area contributed by atoms with Crippen molar-refractivity contribution in [1.29, 1.82) is 0 Å². The molecule has 0 amide bonds. The van der Waals surface area contributed by atoms with Crippen LogP contribution in [-0.2, 0) is 0 Å². The van der Waals surface area contributed by atoms with E-state index in [0.717, 1.165) is 5.69 Å². The summed E-state index contributed by atoms with van der Waals surface area (Å²) in [6.07, 6.45) is 5.25. The van der Waals surface area contributed by atoms with Gasteiger partial charge in [0.25, 0.3) is 0 Å². The summed E-state index contributed by atoms with van der Waals surface area (Å²) in [5, 5.41) is 20.0. The van der Waals surface area contributed by atoms with Gasteiger partial charge in [-0.15, -0.1) is 16.6 Å². The van der Waals surface area contributed by atoms with Gasteiger partial charge >= 0.3 is 0 Å². The van der Waals surface area contributed by atoms with Crippen LogP contribution in [0.1, 0.15) is 16.6 Å². The Morgan fingerprint density at radius 1 is 1.32 bits per heavy atom. The molecule has 2 aromatic carbocycles.